The molecule has 3 heteroatoms. The van der Waals surface area contributed by atoms with Crippen molar-refractivity contribution in [3.8, 4) is 0 Å². The third-order valence-electron chi connectivity index (χ3n) is 5.41. The summed E-state index contributed by atoms with van der Waals surface area (Å²) in [7, 11) is 0. The Morgan fingerprint density at radius 3 is 3.11 bits per heavy atom. The van der Waals surface area contributed by atoms with E-state index >= 15 is 0 Å². The van der Waals surface area contributed by atoms with Crippen LogP contribution in [0.1, 0.15) is 38.5 Å². The monoisotopic (exact) mass is 246 g/mol. The van der Waals surface area contributed by atoms with Gasteiger partial charge in [-0.05, 0) is 38.1 Å². The number of carbonyl (C=O) groups excluding carboxylic acids is 1. The van der Waals surface area contributed by atoms with Crippen LogP contribution in [-0.2, 0) is 4.79 Å². The average Bonchev–Trinajstić information content (AvgIpc) is 2.40. The summed E-state index contributed by atoms with van der Waals surface area (Å²) < 4.78 is 0. The molecule has 0 aromatic carbocycles. The predicted octanol–water partition coefficient (Wildman–Crippen LogP) is 2.00. The maximum absolute atomic E-state index is 12.1. The van der Waals surface area contributed by atoms with Gasteiger partial charge in [-0.15, -0.1) is 0 Å². The lowest BCUT2D eigenvalue weighted by Crippen LogP contribution is -2.59. The summed E-state index contributed by atoms with van der Waals surface area (Å²) in [6.07, 6.45) is 9.49. The highest BCUT2D eigenvalue weighted by Gasteiger charge is 2.45. The molecule has 4 rings (SSSR count). The molecule has 1 amide bonds. The highest BCUT2D eigenvalue weighted by Crippen LogP contribution is 2.43. The number of piperidine rings is 3. The molecule has 4 aliphatic rings. The molecular weight excluding hydrogens is 224 g/mol. The van der Waals surface area contributed by atoms with E-state index in [0.29, 0.717) is 11.8 Å². The lowest BCUT2D eigenvalue weighted by atomic mass is 9.74. The van der Waals surface area contributed by atoms with Crippen molar-refractivity contribution in [2.24, 2.45) is 11.8 Å². The van der Waals surface area contributed by atoms with Crippen LogP contribution < -0.4 is 0 Å². The largest absolute Gasteiger partial charge is 0.316 e. The minimum Gasteiger partial charge on any atom is -0.316 e. The number of rotatable bonds is 0. The number of allylic oxidation sites excluding steroid dienone is 1. The third kappa shape index (κ3) is 1.56. The van der Waals surface area contributed by atoms with Crippen LogP contribution in [0.4, 0.5) is 0 Å². The number of hydrogen-bond donors (Lipinski definition) is 0. The fourth-order valence-corrected chi connectivity index (χ4v) is 4.63. The van der Waals surface area contributed by atoms with Crippen molar-refractivity contribution in [3.63, 3.8) is 0 Å². The van der Waals surface area contributed by atoms with Gasteiger partial charge in [0.05, 0.1) is 0 Å². The Hall–Kier alpha value is -0.830. The summed E-state index contributed by atoms with van der Waals surface area (Å²) in [5, 5.41) is 0. The molecule has 3 atom stereocenters. The van der Waals surface area contributed by atoms with Crippen LogP contribution in [0, 0.1) is 11.8 Å². The van der Waals surface area contributed by atoms with Crippen LogP contribution in [0.5, 0.6) is 0 Å². The molecule has 0 unspecified atom stereocenters. The van der Waals surface area contributed by atoms with E-state index in [1.165, 1.54) is 44.5 Å². The van der Waals surface area contributed by atoms with Gasteiger partial charge in [-0.1, -0.05) is 12.5 Å². The third-order valence-corrected chi connectivity index (χ3v) is 5.41. The number of nitrogens with zero attached hydrogens (tertiary/aromatic N) is 2. The molecule has 18 heavy (non-hydrogen) atoms. The second kappa shape index (κ2) is 4.09. The van der Waals surface area contributed by atoms with Crippen molar-refractivity contribution in [3.05, 3.63) is 11.8 Å². The van der Waals surface area contributed by atoms with Gasteiger partial charge in [0.15, 0.2) is 0 Å². The summed E-state index contributed by atoms with van der Waals surface area (Å²) >= 11 is 0. The smallest absolute Gasteiger partial charge is 0.227 e. The van der Waals surface area contributed by atoms with Gasteiger partial charge < -0.3 is 4.90 Å². The first kappa shape index (κ1) is 11.0. The average molecular weight is 246 g/mol. The Morgan fingerprint density at radius 1 is 1.22 bits per heavy atom. The molecule has 3 fully saturated rings. The number of hydrogen-bond acceptors (Lipinski definition) is 2. The van der Waals surface area contributed by atoms with Gasteiger partial charge in [0.1, 0.15) is 0 Å². The van der Waals surface area contributed by atoms with Crippen molar-refractivity contribution in [2.75, 3.05) is 19.6 Å². The van der Waals surface area contributed by atoms with Gasteiger partial charge in [-0.25, -0.2) is 0 Å². The summed E-state index contributed by atoms with van der Waals surface area (Å²) in [5.74, 6) is 1.76. The first-order valence-electron chi connectivity index (χ1n) is 7.57. The van der Waals surface area contributed by atoms with Gasteiger partial charge in [0.2, 0.25) is 5.91 Å². The van der Waals surface area contributed by atoms with E-state index in [2.05, 4.69) is 15.9 Å². The van der Waals surface area contributed by atoms with E-state index in [1.807, 2.05) is 0 Å². The Labute approximate surface area is 109 Å². The lowest BCUT2D eigenvalue weighted by Gasteiger charge is -2.54. The van der Waals surface area contributed by atoms with Crippen LogP contribution in [0.25, 0.3) is 0 Å². The molecule has 0 N–H and O–H groups in total. The molecule has 2 bridgehead atoms. The van der Waals surface area contributed by atoms with Gasteiger partial charge in [0.25, 0.3) is 0 Å². The summed E-state index contributed by atoms with van der Waals surface area (Å²) in [6, 6.07) is 0.770. The molecule has 0 saturated carbocycles. The number of fused-ring (bicyclic) bond motifs is 6. The molecule has 0 spiro atoms. The van der Waals surface area contributed by atoms with Crippen LogP contribution in [0.15, 0.2) is 11.8 Å². The molecule has 98 valence electrons. The maximum atomic E-state index is 12.1. The highest BCUT2D eigenvalue weighted by molar-refractivity contribution is 5.79. The normalized spacial score (nSPS) is 40.0. The van der Waals surface area contributed by atoms with E-state index < -0.39 is 0 Å². The van der Waals surface area contributed by atoms with Gasteiger partial charge in [-0.3, -0.25) is 9.69 Å². The number of amides is 1. The molecule has 3 saturated heterocycles. The predicted molar refractivity (Wildman–Crippen MR) is 69.8 cm³/mol. The quantitative estimate of drug-likeness (QED) is 0.652. The maximum Gasteiger partial charge on any atom is 0.227 e. The Morgan fingerprint density at radius 2 is 2.17 bits per heavy atom. The van der Waals surface area contributed by atoms with Gasteiger partial charge in [0, 0.05) is 37.2 Å². The fourth-order valence-electron chi connectivity index (χ4n) is 4.63. The highest BCUT2D eigenvalue weighted by atomic mass is 16.2. The molecular formula is C15H22N2O. The van der Waals surface area contributed by atoms with Crippen molar-refractivity contribution in [2.45, 2.75) is 44.6 Å². The summed E-state index contributed by atoms with van der Waals surface area (Å²) in [6.45, 7) is 3.50. The molecule has 0 radical (unpaired) electrons. The molecule has 0 aromatic rings. The van der Waals surface area contributed by atoms with Crippen LogP contribution in [-0.4, -0.2) is 41.4 Å². The zero-order valence-electron chi connectivity index (χ0n) is 11.0. The van der Waals surface area contributed by atoms with Crippen molar-refractivity contribution in [1.29, 1.82) is 0 Å². The number of carbonyl (C=O) groups is 1. The van der Waals surface area contributed by atoms with E-state index in [9.17, 15) is 4.79 Å². The Kier molecular flexibility index (Phi) is 2.51. The van der Waals surface area contributed by atoms with E-state index in [-0.39, 0.29) is 0 Å². The van der Waals surface area contributed by atoms with Crippen molar-refractivity contribution in [1.82, 2.24) is 9.80 Å². The van der Waals surface area contributed by atoms with E-state index in [0.717, 1.165) is 31.3 Å². The minimum atomic E-state index is 0.381. The summed E-state index contributed by atoms with van der Waals surface area (Å²) in [5.41, 5.74) is 1.37. The van der Waals surface area contributed by atoms with Crippen LogP contribution >= 0.6 is 0 Å². The molecule has 4 heterocycles. The summed E-state index contributed by atoms with van der Waals surface area (Å²) in [4.78, 5) is 16.9. The molecule has 3 nitrogen and oxygen atoms in total. The van der Waals surface area contributed by atoms with E-state index in [4.69, 9.17) is 0 Å². The molecule has 0 aromatic heterocycles. The van der Waals surface area contributed by atoms with Gasteiger partial charge >= 0.3 is 0 Å². The first-order valence-corrected chi connectivity index (χ1v) is 7.57. The van der Waals surface area contributed by atoms with Crippen LogP contribution in [0.2, 0.25) is 0 Å². The topological polar surface area (TPSA) is 23.6 Å². The molecule has 0 aliphatic carbocycles. The zero-order chi connectivity index (χ0) is 12.1. The molecule has 4 aliphatic heterocycles. The second-order valence-corrected chi connectivity index (χ2v) is 6.42. The van der Waals surface area contributed by atoms with Gasteiger partial charge in [-0.2, -0.15) is 0 Å². The first-order chi connectivity index (χ1) is 8.83. The van der Waals surface area contributed by atoms with Crippen molar-refractivity contribution < 1.29 is 4.79 Å². The van der Waals surface area contributed by atoms with Crippen LogP contribution in [0.3, 0.4) is 0 Å². The Balaban J connectivity index is 1.65. The standard InChI is InChI=1S/C15H22N2O/c18-15-6-3-5-14-11-8-12(10-17(14)15)13-4-1-2-7-16(13)9-11/h5,11-13H,1-4,6-10H2/t11-,12+,13+/m1/s1. The second-order valence-electron chi connectivity index (χ2n) is 6.42. The van der Waals surface area contributed by atoms with Crippen molar-refractivity contribution >= 4 is 5.91 Å². The lowest BCUT2D eigenvalue weighted by molar-refractivity contribution is -0.134. The fraction of sp³-hybridized carbons (Fsp3) is 0.800. The zero-order valence-corrected chi connectivity index (χ0v) is 11.0. The Bertz CT molecular complexity index is 403. The minimum absolute atomic E-state index is 0.381. The SMILES string of the molecule is O=C1CCC=C2[C@@H]3C[C@@H](CN12)[C@@H]1CCCCN1C3. The van der Waals surface area contributed by atoms with E-state index in [1.54, 1.807) is 0 Å².